The molecule has 1 aromatic rings. The SMILES string of the molecule is CC/C(=C\C(=O)NC1CCCC1)c1ccccc1. The highest BCUT2D eigenvalue weighted by Crippen LogP contribution is 2.19. The van der Waals surface area contributed by atoms with Crippen LogP contribution in [0.4, 0.5) is 0 Å². The Labute approximate surface area is 109 Å². The number of rotatable bonds is 4. The van der Waals surface area contributed by atoms with Crippen LogP contribution in [0.1, 0.15) is 44.6 Å². The van der Waals surface area contributed by atoms with Crippen molar-refractivity contribution in [3.05, 3.63) is 42.0 Å². The Bertz CT molecular complexity index is 416. The van der Waals surface area contributed by atoms with Gasteiger partial charge in [0.15, 0.2) is 0 Å². The summed E-state index contributed by atoms with van der Waals surface area (Å²) < 4.78 is 0. The van der Waals surface area contributed by atoms with Crippen LogP contribution in [0.2, 0.25) is 0 Å². The van der Waals surface area contributed by atoms with Gasteiger partial charge in [0.2, 0.25) is 5.91 Å². The smallest absolute Gasteiger partial charge is 0.244 e. The first kappa shape index (κ1) is 12.9. The second-order valence-electron chi connectivity index (χ2n) is 4.88. The summed E-state index contributed by atoms with van der Waals surface area (Å²) in [5.41, 5.74) is 2.24. The van der Waals surface area contributed by atoms with E-state index in [4.69, 9.17) is 0 Å². The Kier molecular flexibility index (Phi) is 4.57. The molecule has 0 spiro atoms. The molecule has 0 heterocycles. The summed E-state index contributed by atoms with van der Waals surface area (Å²) in [6.45, 7) is 2.09. The maximum atomic E-state index is 12.0. The van der Waals surface area contributed by atoms with E-state index in [2.05, 4.69) is 24.4 Å². The van der Waals surface area contributed by atoms with Crippen molar-refractivity contribution in [2.24, 2.45) is 0 Å². The van der Waals surface area contributed by atoms with Crippen LogP contribution in [-0.4, -0.2) is 11.9 Å². The van der Waals surface area contributed by atoms with Gasteiger partial charge in [-0.05, 0) is 30.4 Å². The summed E-state index contributed by atoms with van der Waals surface area (Å²) in [5, 5.41) is 3.10. The van der Waals surface area contributed by atoms with Crippen LogP contribution in [0, 0.1) is 0 Å². The van der Waals surface area contributed by atoms with E-state index in [1.54, 1.807) is 6.08 Å². The third-order valence-corrected chi connectivity index (χ3v) is 3.53. The van der Waals surface area contributed by atoms with E-state index in [-0.39, 0.29) is 5.91 Å². The molecule has 0 aliphatic heterocycles. The van der Waals surface area contributed by atoms with Crippen LogP contribution in [0.3, 0.4) is 0 Å². The van der Waals surface area contributed by atoms with Gasteiger partial charge in [-0.2, -0.15) is 0 Å². The first-order chi connectivity index (χ1) is 8.79. The summed E-state index contributed by atoms with van der Waals surface area (Å²) in [6.07, 6.45) is 7.39. The normalized spacial score (nSPS) is 16.8. The predicted molar refractivity (Wildman–Crippen MR) is 75.1 cm³/mol. The fourth-order valence-corrected chi connectivity index (χ4v) is 2.51. The third kappa shape index (κ3) is 3.46. The summed E-state index contributed by atoms with van der Waals surface area (Å²) in [7, 11) is 0. The Morgan fingerprint density at radius 1 is 1.28 bits per heavy atom. The average molecular weight is 243 g/mol. The number of hydrogen-bond acceptors (Lipinski definition) is 1. The Morgan fingerprint density at radius 2 is 1.94 bits per heavy atom. The van der Waals surface area contributed by atoms with Crippen molar-refractivity contribution >= 4 is 11.5 Å². The van der Waals surface area contributed by atoms with Crippen molar-refractivity contribution in [3.63, 3.8) is 0 Å². The van der Waals surface area contributed by atoms with Crippen LogP contribution in [0.5, 0.6) is 0 Å². The topological polar surface area (TPSA) is 29.1 Å². The van der Waals surface area contributed by atoms with Crippen LogP contribution < -0.4 is 5.32 Å². The van der Waals surface area contributed by atoms with Crippen molar-refractivity contribution in [3.8, 4) is 0 Å². The average Bonchev–Trinajstić information content (AvgIpc) is 2.90. The number of hydrogen-bond donors (Lipinski definition) is 1. The van der Waals surface area contributed by atoms with Crippen molar-refractivity contribution in [2.75, 3.05) is 0 Å². The molecule has 1 aliphatic rings. The zero-order valence-electron chi connectivity index (χ0n) is 11.0. The zero-order valence-corrected chi connectivity index (χ0v) is 11.0. The van der Waals surface area contributed by atoms with Gasteiger partial charge in [0.1, 0.15) is 0 Å². The van der Waals surface area contributed by atoms with Crippen LogP contribution in [0.25, 0.3) is 5.57 Å². The Balaban J connectivity index is 2.02. The number of benzene rings is 1. The molecule has 1 fully saturated rings. The van der Waals surface area contributed by atoms with Gasteiger partial charge < -0.3 is 5.32 Å². The van der Waals surface area contributed by atoms with E-state index in [1.165, 1.54) is 12.8 Å². The molecular weight excluding hydrogens is 222 g/mol. The molecule has 2 nitrogen and oxygen atoms in total. The summed E-state index contributed by atoms with van der Waals surface area (Å²) in [6, 6.07) is 10.5. The lowest BCUT2D eigenvalue weighted by Gasteiger charge is -2.11. The second-order valence-corrected chi connectivity index (χ2v) is 4.88. The largest absolute Gasteiger partial charge is 0.350 e. The van der Waals surface area contributed by atoms with Gasteiger partial charge in [0.25, 0.3) is 0 Å². The van der Waals surface area contributed by atoms with Crippen LogP contribution >= 0.6 is 0 Å². The molecule has 1 amide bonds. The van der Waals surface area contributed by atoms with Gasteiger partial charge in [-0.3, -0.25) is 4.79 Å². The zero-order chi connectivity index (χ0) is 12.8. The third-order valence-electron chi connectivity index (χ3n) is 3.53. The van der Waals surface area contributed by atoms with E-state index in [1.807, 2.05) is 18.2 Å². The van der Waals surface area contributed by atoms with E-state index in [9.17, 15) is 4.79 Å². The number of amides is 1. The molecule has 96 valence electrons. The molecule has 1 aliphatic carbocycles. The molecule has 0 aromatic heterocycles. The highest BCUT2D eigenvalue weighted by Gasteiger charge is 2.16. The van der Waals surface area contributed by atoms with Gasteiger partial charge in [-0.1, -0.05) is 50.1 Å². The van der Waals surface area contributed by atoms with E-state index >= 15 is 0 Å². The van der Waals surface area contributed by atoms with E-state index in [0.717, 1.165) is 30.4 Å². The van der Waals surface area contributed by atoms with Gasteiger partial charge in [0.05, 0.1) is 0 Å². The first-order valence-electron chi connectivity index (χ1n) is 6.86. The van der Waals surface area contributed by atoms with Crippen molar-refractivity contribution in [2.45, 2.75) is 45.1 Å². The Morgan fingerprint density at radius 3 is 2.56 bits per heavy atom. The molecule has 2 rings (SSSR count). The number of nitrogens with one attached hydrogen (secondary N) is 1. The molecule has 2 heteroatoms. The van der Waals surface area contributed by atoms with Gasteiger partial charge in [-0.25, -0.2) is 0 Å². The summed E-state index contributed by atoms with van der Waals surface area (Å²) >= 11 is 0. The highest BCUT2D eigenvalue weighted by atomic mass is 16.1. The standard InChI is InChI=1S/C16H21NO/c1-2-13(14-8-4-3-5-9-14)12-16(18)17-15-10-6-7-11-15/h3-5,8-9,12,15H,2,6-7,10-11H2,1H3,(H,17,18)/b13-12+. The van der Waals surface area contributed by atoms with Gasteiger partial charge >= 0.3 is 0 Å². The lowest BCUT2D eigenvalue weighted by atomic mass is 10.0. The fourth-order valence-electron chi connectivity index (χ4n) is 2.51. The Hall–Kier alpha value is -1.57. The first-order valence-corrected chi connectivity index (χ1v) is 6.86. The minimum absolute atomic E-state index is 0.0580. The summed E-state index contributed by atoms with van der Waals surface area (Å²) in [5.74, 6) is 0.0580. The highest BCUT2D eigenvalue weighted by molar-refractivity contribution is 5.95. The summed E-state index contributed by atoms with van der Waals surface area (Å²) in [4.78, 5) is 12.0. The maximum Gasteiger partial charge on any atom is 0.244 e. The molecule has 0 unspecified atom stereocenters. The van der Waals surface area contributed by atoms with Gasteiger partial charge in [0, 0.05) is 12.1 Å². The lowest BCUT2D eigenvalue weighted by molar-refractivity contribution is -0.117. The van der Waals surface area contributed by atoms with Crippen molar-refractivity contribution in [1.29, 1.82) is 0 Å². The number of carbonyl (C=O) groups is 1. The molecule has 0 saturated heterocycles. The van der Waals surface area contributed by atoms with E-state index in [0.29, 0.717) is 6.04 Å². The van der Waals surface area contributed by atoms with Crippen LogP contribution in [-0.2, 0) is 4.79 Å². The molecule has 0 radical (unpaired) electrons. The molecular formula is C16H21NO. The molecule has 1 N–H and O–H groups in total. The maximum absolute atomic E-state index is 12.0. The van der Waals surface area contributed by atoms with Crippen LogP contribution in [0.15, 0.2) is 36.4 Å². The molecule has 0 bridgehead atoms. The molecule has 1 saturated carbocycles. The molecule has 0 atom stereocenters. The molecule has 1 aromatic carbocycles. The predicted octanol–water partition coefficient (Wildman–Crippen LogP) is 3.54. The minimum Gasteiger partial charge on any atom is -0.350 e. The monoisotopic (exact) mass is 243 g/mol. The van der Waals surface area contributed by atoms with Crippen molar-refractivity contribution < 1.29 is 4.79 Å². The number of allylic oxidation sites excluding steroid dienone is 1. The van der Waals surface area contributed by atoms with Gasteiger partial charge in [-0.15, -0.1) is 0 Å². The molecule has 18 heavy (non-hydrogen) atoms. The quantitative estimate of drug-likeness (QED) is 0.805. The van der Waals surface area contributed by atoms with Crippen molar-refractivity contribution in [1.82, 2.24) is 5.32 Å². The minimum atomic E-state index is 0.0580. The number of carbonyl (C=O) groups excluding carboxylic acids is 1. The fraction of sp³-hybridized carbons (Fsp3) is 0.438. The second kappa shape index (κ2) is 6.39. The lowest BCUT2D eigenvalue weighted by Crippen LogP contribution is -2.31. The van der Waals surface area contributed by atoms with E-state index < -0.39 is 0 Å².